The van der Waals surface area contributed by atoms with Crippen LogP contribution >= 0.6 is 7.82 Å². The van der Waals surface area contributed by atoms with Crippen LogP contribution in [0.5, 0.6) is 0 Å². The van der Waals surface area contributed by atoms with E-state index in [2.05, 4.69) is 13.8 Å². The van der Waals surface area contributed by atoms with Gasteiger partial charge in [0, 0.05) is 13.0 Å². The number of esters is 1. The summed E-state index contributed by atoms with van der Waals surface area (Å²) < 4.78 is 33.2. The van der Waals surface area contributed by atoms with Crippen molar-refractivity contribution < 1.29 is 43.0 Å². The fraction of sp³-hybridized carbons (Fsp3) is 0.972. The second-order valence-corrected chi connectivity index (χ2v) is 14.4. The first-order chi connectivity index (χ1) is 22.3. The lowest BCUT2D eigenvalue weighted by molar-refractivity contribution is -0.154. The number of aliphatic hydroxyl groups is 2. The van der Waals surface area contributed by atoms with E-state index in [-0.39, 0.29) is 25.6 Å². The van der Waals surface area contributed by atoms with E-state index in [1.54, 1.807) is 0 Å². The molecular formula is C36H73O9P. The summed E-state index contributed by atoms with van der Waals surface area (Å²) in [6.45, 7) is 3.54. The fourth-order valence-corrected chi connectivity index (χ4v) is 6.15. The first-order valence-electron chi connectivity index (χ1n) is 19.0. The smallest absolute Gasteiger partial charge is 0.457 e. The molecule has 0 aliphatic rings. The Morgan fingerprint density at radius 2 is 0.978 bits per heavy atom. The van der Waals surface area contributed by atoms with Crippen LogP contribution in [0.2, 0.25) is 0 Å². The molecule has 0 aliphatic heterocycles. The van der Waals surface area contributed by atoms with Crippen LogP contribution in [-0.4, -0.2) is 66.3 Å². The Balaban J connectivity index is 4.20. The summed E-state index contributed by atoms with van der Waals surface area (Å²) in [6.07, 6.45) is 29.1. The summed E-state index contributed by atoms with van der Waals surface area (Å²) >= 11 is 0. The second kappa shape index (κ2) is 34.3. The molecular weight excluding hydrogens is 607 g/mol. The van der Waals surface area contributed by atoms with Crippen molar-refractivity contribution in [2.45, 2.75) is 193 Å². The number of unbranched alkanes of at least 4 members (excludes halogenated alkanes) is 23. The molecule has 0 amide bonds. The number of carbonyl (C=O) groups is 1. The van der Waals surface area contributed by atoms with E-state index in [0.29, 0.717) is 6.61 Å². The predicted octanol–water partition coefficient (Wildman–Crippen LogP) is 9.58. The van der Waals surface area contributed by atoms with Crippen molar-refractivity contribution in [2.24, 2.45) is 0 Å². The molecule has 0 bridgehead atoms. The number of rotatable bonds is 37. The molecule has 0 aromatic carbocycles. The quantitative estimate of drug-likeness (QED) is 0.0333. The Morgan fingerprint density at radius 1 is 0.587 bits per heavy atom. The Bertz CT molecular complexity index is 694. The fourth-order valence-electron chi connectivity index (χ4n) is 5.36. The van der Waals surface area contributed by atoms with Gasteiger partial charge in [-0.3, -0.25) is 13.8 Å². The minimum Gasteiger partial charge on any atom is -0.457 e. The monoisotopic (exact) mass is 680 g/mol. The summed E-state index contributed by atoms with van der Waals surface area (Å²) in [7, 11) is -4.50. The second-order valence-electron chi connectivity index (χ2n) is 13.0. The molecule has 3 unspecified atom stereocenters. The molecule has 0 fully saturated rings. The van der Waals surface area contributed by atoms with Gasteiger partial charge < -0.3 is 24.6 Å². The molecule has 276 valence electrons. The van der Waals surface area contributed by atoms with Gasteiger partial charge in [0.2, 0.25) is 0 Å². The maximum Gasteiger partial charge on any atom is 0.472 e. The molecule has 0 aliphatic carbocycles. The van der Waals surface area contributed by atoms with Crippen LogP contribution < -0.4 is 0 Å². The number of aliphatic hydroxyl groups excluding tert-OH is 2. The molecule has 3 N–H and O–H groups in total. The van der Waals surface area contributed by atoms with E-state index < -0.39 is 33.2 Å². The average Bonchev–Trinajstić information content (AvgIpc) is 3.04. The number of hydrogen-bond acceptors (Lipinski definition) is 8. The van der Waals surface area contributed by atoms with Gasteiger partial charge in [-0.15, -0.1) is 0 Å². The van der Waals surface area contributed by atoms with E-state index >= 15 is 0 Å². The normalized spacial score (nSPS) is 14.3. The van der Waals surface area contributed by atoms with Gasteiger partial charge in [0.15, 0.2) is 0 Å². The molecule has 0 rings (SSSR count). The Labute approximate surface area is 282 Å². The molecule has 0 spiro atoms. The topological polar surface area (TPSA) is 132 Å². The van der Waals surface area contributed by atoms with Crippen molar-refractivity contribution >= 4 is 13.8 Å². The van der Waals surface area contributed by atoms with Gasteiger partial charge in [-0.1, -0.05) is 162 Å². The van der Waals surface area contributed by atoms with Gasteiger partial charge in [-0.25, -0.2) is 4.57 Å². The lowest BCUT2D eigenvalue weighted by Crippen LogP contribution is -2.29. The third-order valence-corrected chi connectivity index (χ3v) is 9.24. The Hall–Kier alpha value is -0.540. The van der Waals surface area contributed by atoms with E-state index in [4.69, 9.17) is 23.6 Å². The van der Waals surface area contributed by atoms with Gasteiger partial charge in [0.1, 0.15) is 12.2 Å². The molecule has 3 atom stereocenters. The van der Waals surface area contributed by atoms with Crippen molar-refractivity contribution in [2.75, 3.05) is 33.0 Å². The van der Waals surface area contributed by atoms with E-state index in [0.717, 1.165) is 32.1 Å². The number of phosphoric acid groups is 1. The molecule has 10 heteroatoms. The summed E-state index contributed by atoms with van der Waals surface area (Å²) in [5, 5.41) is 18.3. The minimum atomic E-state index is -4.50. The largest absolute Gasteiger partial charge is 0.472 e. The summed E-state index contributed by atoms with van der Waals surface area (Å²) in [4.78, 5) is 22.4. The molecule has 0 aromatic heterocycles. The number of phosphoric ester groups is 1. The maximum absolute atomic E-state index is 12.5. The van der Waals surface area contributed by atoms with Crippen molar-refractivity contribution in [1.29, 1.82) is 0 Å². The molecule has 0 saturated heterocycles. The van der Waals surface area contributed by atoms with Gasteiger partial charge in [0.05, 0.1) is 26.4 Å². The van der Waals surface area contributed by atoms with E-state index in [9.17, 15) is 19.4 Å². The summed E-state index contributed by atoms with van der Waals surface area (Å²) in [6, 6.07) is 0. The van der Waals surface area contributed by atoms with Crippen LogP contribution in [0.15, 0.2) is 0 Å². The molecule has 0 saturated carbocycles. The zero-order valence-corrected chi connectivity index (χ0v) is 30.7. The van der Waals surface area contributed by atoms with Crippen LogP contribution in [0.25, 0.3) is 0 Å². The summed E-state index contributed by atoms with van der Waals surface area (Å²) in [5.41, 5.74) is 0. The van der Waals surface area contributed by atoms with Crippen molar-refractivity contribution in [3.63, 3.8) is 0 Å². The third kappa shape index (κ3) is 33.4. The first kappa shape index (κ1) is 45.5. The number of hydrogen-bond donors (Lipinski definition) is 3. The van der Waals surface area contributed by atoms with Crippen LogP contribution in [-0.2, 0) is 27.9 Å². The zero-order chi connectivity index (χ0) is 34.0. The van der Waals surface area contributed by atoms with Crippen molar-refractivity contribution in [3.05, 3.63) is 0 Å². The highest BCUT2D eigenvalue weighted by Crippen LogP contribution is 2.43. The molecule has 0 radical (unpaired) electrons. The highest BCUT2D eigenvalue weighted by atomic mass is 31.2. The maximum atomic E-state index is 12.5. The highest BCUT2D eigenvalue weighted by molar-refractivity contribution is 7.47. The van der Waals surface area contributed by atoms with Gasteiger partial charge in [-0.05, 0) is 12.8 Å². The van der Waals surface area contributed by atoms with Crippen LogP contribution in [0.3, 0.4) is 0 Å². The number of ether oxygens (including phenoxy) is 2. The van der Waals surface area contributed by atoms with Crippen LogP contribution in [0.1, 0.15) is 181 Å². The summed E-state index contributed by atoms with van der Waals surface area (Å²) in [5.74, 6) is -0.380. The Kier molecular flexibility index (Phi) is 33.9. The molecule has 46 heavy (non-hydrogen) atoms. The lowest BCUT2D eigenvalue weighted by Gasteiger charge is -2.20. The predicted molar refractivity (Wildman–Crippen MR) is 187 cm³/mol. The van der Waals surface area contributed by atoms with E-state index in [1.165, 1.54) is 128 Å². The SMILES string of the molecule is CCCCCCCCCCCCCCCOCC(COP(=O)(O)OCC(O)CO)OC(=O)CCCCCCCCCCCCCC. The van der Waals surface area contributed by atoms with Crippen LogP contribution in [0, 0.1) is 0 Å². The van der Waals surface area contributed by atoms with Crippen molar-refractivity contribution in [3.8, 4) is 0 Å². The highest BCUT2D eigenvalue weighted by Gasteiger charge is 2.26. The van der Waals surface area contributed by atoms with Gasteiger partial charge >= 0.3 is 13.8 Å². The molecule has 0 aromatic rings. The molecule has 0 heterocycles. The number of carbonyl (C=O) groups excluding carboxylic acids is 1. The lowest BCUT2D eigenvalue weighted by atomic mass is 10.0. The van der Waals surface area contributed by atoms with E-state index in [1.807, 2.05) is 0 Å². The third-order valence-electron chi connectivity index (χ3n) is 8.29. The first-order valence-corrected chi connectivity index (χ1v) is 20.5. The Morgan fingerprint density at radius 3 is 1.41 bits per heavy atom. The zero-order valence-electron chi connectivity index (χ0n) is 29.8. The van der Waals surface area contributed by atoms with Gasteiger partial charge in [-0.2, -0.15) is 0 Å². The molecule has 9 nitrogen and oxygen atoms in total. The van der Waals surface area contributed by atoms with Crippen LogP contribution in [0.4, 0.5) is 0 Å². The minimum absolute atomic E-state index is 0.0572. The van der Waals surface area contributed by atoms with Gasteiger partial charge in [0.25, 0.3) is 0 Å². The standard InChI is InChI=1S/C36H73O9P/c1-3-5-7-9-11-13-15-17-19-21-23-25-27-29-42-32-35(33-44-46(40,41)43-31-34(38)30-37)45-36(39)28-26-24-22-20-18-16-14-12-10-8-6-4-2/h34-35,37-38H,3-33H2,1-2H3,(H,40,41). The van der Waals surface area contributed by atoms with Crippen molar-refractivity contribution in [1.82, 2.24) is 0 Å². The average molecular weight is 681 g/mol.